The van der Waals surface area contributed by atoms with E-state index in [4.69, 9.17) is 34.8 Å². The van der Waals surface area contributed by atoms with E-state index in [2.05, 4.69) is 17.2 Å². The molecular weight excluding hydrogens is 323 g/mol. The Morgan fingerprint density at radius 1 is 1.16 bits per heavy atom. The topological polar surface area (TPSA) is 24.9 Å². The van der Waals surface area contributed by atoms with Crippen molar-refractivity contribution in [2.24, 2.45) is 0 Å². The van der Waals surface area contributed by atoms with E-state index in [-0.39, 0.29) is 6.04 Å². The highest BCUT2D eigenvalue weighted by Crippen LogP contribution is 2.36. The van der Waals surface area contributed by atoms with Gasteiger partial charge >= 0.3 is 0 Å². The van der Waals surface area contributed by atoms with Crippen molar-refractivity contribution in [1.29, 1.82) is 0 Å². The van der Waals surface area contributed by atoms with E-state index in [1.807, 2.05) is 13.8 Å². The van der Waals surface area contributed by atoms with Gasteiger partial charge in [-0.3, -0.25) is 0 Å². The van der Waals surface area contributed by atoms with Crippen LogP contribution in [0.15, 0.2) is 12.1 Å². The number of thiazole rings is 1. The molecule has 1 aromatic carbocycles. The van der Waals surface area contributed by atoms with Gasteiger partial charge in [0.25, 0.3) is 0 Å². The summed E-state index contributed by atoms with van der Waals surface area (Å²) in [5, 5.41) is 5.89. The first kappa shape index (κ1) is 14.9. The summed E-state index contributed by atoms with van der Waals surface area (Å²) in [7, 11) is 0. The molecule has 102 valence electrons. The predicted molar refractivity (Wildman–Crippen MR) is 85.1 cm³/mol. The summed E-state index contributed by atoms with van der Waals surface area (Å²) in [4.78, 5) is 5.72. The molecule has 0 saturated heterocycles. The van der Waals surface area contributed by atoms with Crippen molar-refractivity contribution >= 4 is 51.8 Å². The average Bonchev–Trinajstić information content (AvgIpc) is 2.62. The number of aryl methyl sites for hydroxylation is 2. The minimum absolute atomic E-state index is 0.0288. The molecule has 19 heavy (non-hydrogen) atoms. The van der Waals surface area contributed by atoms with Crippen LogP contribution in [0.1, 0.15) is 28.5 Å². The molecule has 1 unspecified atom stereocenters. The Kier molecular flexibility index (Phi) is 4.62. The number of nitrogens with one attached hydrogen (secondary N) is 1. The van der Waals surface area contributed by atoms with Crippen molar-refractivity contribution < 1.29 is 0 Å². The summed E-state index contributed by atoms with van der Waals surface area (Å²) in [5.74, 6) is 0. The number of benzene rings is 1. The maximum Gasteiger partial charge on any atom is 0.0901 e. The van der Waals surface area contributed by atoms with E-state index < -0.39 is 0 Å². The number of aromatic nitrogens is 1. The van der Waals surface area contributed by atoms with Gasteiger partial charge in [0, 0.05) is 9.90 Å². The molecule has 1 aromatic heterocycles. The highest BCUT2D eigenvalue weighted by atomic mass is 35.5. The fourth-order valence-corrected chi connectivity index (χ4v) is 3.75. The van der Waals surface area contributed by atoms with E-state index in [1.54, 1.807) is 23.5 Å². The van der Waals surface area contributed by atoms with Crippen molar-refractivity contribution in [1.82, 2.24) is 4.98 Å². The van der Waals surface area contributed by atoms with Crippen LogP contribution >= 0.6 is 46.1 Å². The average molecular weight is 336 g/mol. The maximum absolute atomic E-state index is 6.16. The predicted octanol–water partition coefficient (Wildman–Crippen LogP) is 5.89. The fourth-order valence-electron chi connectivity index (χ4n) is 1.91. The monoisotopic (exact) mass is 334 g/mol. The smallest absolute Gasteiger partial charge is 0.0901 e. The summed E-state index contributed by atoms with van der Waals surface area (Å²) in [6, 6.07) is 3.37. The Morgan fingerprint density at radius 3 is 2.21 bits per heavy atom. The standard InChI is InChI=1S/C13H13Cl3N2S/c1-6(12-7(2)19-8(3)18-12)17-13-10(15)4-9(14)5-11(13)16/h4-6,17H,1-3H3. The zero-order valence-corrected chi connectivity index (χ0v) is 13.8. The third-order valence-corrected chi connectivity index (χ3v) is 4.43. The largest absolute Gasteiger partial charge is 0.374 e. The van der Waals surface area contributed by atoms with Gasteiger partial charge in [0.1, 0.15) is 0 Å². The van der Waals surface area contributed by atoms with Crippen molar-refractivity contribution in [2.75, 3.05) is 5.32 Å². The lowest BCUT2D eigenvalue weighted by Crippen LogP contribution is -2.09. The molecule has 1 atom stereocenters. The molecule has 0 fully saturated rings. The lowest BCUT2D eigenvalue weighted by atomic mass is 10.2. The van der Waals surface area contributed by atoms with Crippen LogP contribution in [0.2, 0.25) is 15.1 Å². The van der Waals surface area contributed by atoms with Gasteiger partial charge in [0.2, 0.25) is 0 Å². The highest BCUT2D eigenvalue weighted by Gasteiger charge is 2.16. The quantitative estimate of drug-likeness (QED) is 0.756. The van der Waals surface area contributed by atoms with Gasteiger partial charge in [-0.1, -0.05) is 34.8 Å². The second kappa shape index (κ2) is 5.88. The molecule has 6 heteroatoms. The Morgan fingerprint density at radius 2 is 1.74 bits per heavy atom. The summed E-state index contributed by atoms with van der Waals surface area (Å²) in [6.07, 6.45) is 0. The minimum atomic E-state index is 0.0288. The summed E-state index contributed by atoms with van der Waals surface area (Å²) in [6.45, 7) is 6.09. The maximum atomic E-state index is 6.16. The van der Waals surface area contributed by atoms with Gasteiger partial charge in [-0.2, -0.15) is 0 Å². The SMILES string of the molecule is Cc1nc(C(C)Nc2c(Cl)cc(Cl)cc2Cl)c(C)s1. The number of halogens is 3. The first-order valence-electron chi connectivity index (χ1n) is 5.73. The molecule has 0 aliphatic rings. The normalized spacial score (nSPS) is 12.5. The van der Waals surface area contributed by atoms with Gasteiger partial charge < -0.3 is 5.32 Å². The van der Waals surface area contributed by atoms with Gasteiger partial charge in [0.15, 0.2) is 0 Å². The number of rotatable bonds is 3. The summed E-state index contributed by atoms with van der Waals surface area (Å²) >= 11 is 19.9. The molecule has 1 heterocycles. The van der Waals surface area contributed by atoms with Crippen LogP contribution in [0.5, 0.6) is 0 Å². The Hall–Kier alpha value is -0.480. The summed E-state index contributed by atoms with van der Waals surface area (Å²) in [5.41, 5.74) is 1.70. The fraction of sp³-hybridized carbons (Fsp3) is 0.308. The number of hydrogen-bond acceptors (Lipinski definition) is 3. The Balaban J connectivity index is 2.29. The van der Waals surface area contributed by atoms with Crippen molar-refractivity contribution in [3.63, 3.8) is 0 Å². The van der Waals surface area contributed by atoms with Crippen molar-refractivity contribution in [2.45, 2.75) is 26.8 Å². The summed E-state index contributed by atoms with van der Waals surface area (Å²) < 4.78 is 0. The Bertz CT molecular complexity index is 587. The molecule has 0 radical (unpaired) electrons. The van der Waals surface area contributed by atoms with Crippen LogP contribution in [-0.2, 0) is 0 Å². The molecule has 0 aliphatic carbocycles. The van der Waals surface area contributed by atoms with Gasteiger partial charge in [-0.15, -0.1) is 11.3 Å². The minimum Gasteiger partial charge on any atom is -0.374 e. The van der Waals surface area contributed by atoms with Crippen LogP contribution in [-0.4, -0.2) is 4.98 Å². The van der Waals surface area contributed by atoms with E-state index in [9.17, 15) is 0 Å². The molecule has 1 N–H and O–H groups in total. The van der Waals surface area contributed by atoms with Gasteiger partial charge in [0.05, 0.1) is 32.5 Å². The van der Waals surface area contributed by atoms with Crippen LogP contribution in [0.4, 0.5) is 5.69 Å². The first-order chi connectivity index (χ1) is 8.88. The molecule has 0 aliphatic heterocycles. The van der Waals surface area contributed by atoms with Crippen LogP contribution in [0.25, 0.3) is 0 Å². The number of hydrogen-bond donors (Lipinski definition) is 1. The molecule has 2 nitrogen and oxygen atoms in total. The third-order valence-electron chi connectivity index (χ3n) is 2.72. The van der Waals surface area contributed by atoms with Crippen LogP contribution in [0, 0.1) is 13.8 Å². The Labute approximate surface area is 131 Å². The second-order valence-corrected chi connectivity index (χ2v) is 6.94. The lowest BCUT2D eigenvalue weighted by molar-refractivity contribution is 0.837. The molecule has 0 spiro atoms. The molecule has 0 amide bonds. The molecule has 0 saturated carbocycles. The second-order valence-electron chi connectivity index (χ2n) is 4.28. The van der Waals surface area contributed by atoms with E-state index >= 15 is 0 Å². The lowest BCUT2D eigenvalue weighted by Gasteiger charge is -2.17. The molecule has 2 aromatic rings. The number of nitrogens with zero attached hydrogens (tertiary/aromatic N) is 1. The third kappa shape index (κ3) is 3.34. The van der Waals surface area contributed by atoms with E-state index in [0.717, 1.165) is 10.7 Å². The highest BCUT2D eigenvalue weighted by molar-refractivity contribution is 7.11. The zero-order valence-electron chi connectivity index (χ0n) is 10.7. The van der Waals surface area contributed by atoms with E-state index in [0.29, 0.717) is 20.8 Å². The molecular formula is C13H13Cl3N2S. The van der Waals surface area contributed by atoms with E-state index in [1.165, 1.54) is 4.88 Å². The van der Waals surface area contributed by atoms with Gasteiger partial charge in [-0.05, 0) is 32.9 Å². The molecule has 0 bridgehead atoms. The first-order valence-corrected chi connectivity index (χ1v) is 7.68. The zero-order chi connectivity index (χ0) is 14.2. The van der Waals surface area contributed by atoms with Gasteiger partial charge in [-0.25, -0.2) is 4.98 Å². The number of anilines is 1. The van der Waals surface area contributed by atoms with Crippen molar-refractivity contribution in [3.05, 3.63) is 42.8 Å². The van der Waals surface area contributed by atoms with Crippen LogP contribution < -0.4 is 5.32 Å². The van der Waals surface area contributed by atoms with Crippen LogP contribution in [0.3, 0.4) is 0 Å². The molecule has 2 rings (SSSR count). The van der Waals surface area contributed by atoms with Crippen molar-refractivity contribution in [3.8, 4) is 0 Å².